The number of ether oxygens (including phenoxy) is 1. The smallest absolute Gasteiger partial charge is 0.192 e. The van der Waals surface area contributed by atoms with Crippen molar-refractivity contribution in [2.24, 2.45) is 5.92 Å². The fourth-order valence-corrected chi connectivity index (χ4v) is 4.84. The normalized spacial score (nSPS) is 16.6. The first-order chi connectivity index (χ1) is 14.5. The number of carbonyl (C=O) groups excluding carboxylic acids is 1. The monoisotopic (exact) mass is 400 g/mol. The van der Waals surface area contributed by atoms with Crippen molar-refractivity contribution in [3.8, 4) is 28.1 Å². The van der Waals surface area contributed by atoms with E-state index >= 15 is 0 Å². The van der Waals surface area contributed by atoms with Gasteiger partial charge in [-0.15, -0.1) is 0 Å². The van der Waals surface area contributed by atoms with Crippen LogP contribution in [0, 0.1) is 5.92 Å². The highest BCUT2D eigenvalue weighted by molar-refractivity contribution is 5.94. The van der Waals surface area contributed by atoms with Crippen LogP contribution in [-0.4, -0.2) is 21.9 Å². The summed E-state index contributed by atoms with van der Waals surface area (Å²) in [5.41, 5.74) is 6.61. The van der Waals surface area contributed by atoms with E-state index in [1.807, 2.05) is 12.1 Å². The molecular formula is C25H24N2O3. The molecule has 0 saturated heterocycles. The Hall–Kier alpha value is -3.21. The van der Waals surface area contributed by atoms with Gasteiger partial charge >= 0.3 is 0 Å². The van der Waals surface area contributed by atoms with E-state index in [1.165, 1.54) is 12.5 Å². The fourth-order valence-electron chi connectivity index (χ4n) is 4.84. The summed E-state index contributed by atoms with van der Waals surface area (Å²) in [5, 5.41) is 0. The van der Waals surface area contributed by atoms with Crippen LogP contribution in [0.4, 0.5) is 0 Å². The van der Waals surface area contributed by atoms with Crippen LogP contribution in [0.2, 0.25) is 0 Å². The van der Waals surface area contributed by atoms with Crippen LogP contribution in [0.5, 0.6) is 5.75 Å². The van der Waals surface area contributed by atoms with Gasteiger partial charge in [-0.05, 0) is 48.6 Å². The number of hydrogen-bond donors (Lipinski definition) is 0. The quantitative estimate of drug-likeness (QED) is 0.609. The second-order valence-corrected chi connectivity index (χ2v) is 8.52. The highest BCUT2D eigenvalue weighted by Gasteiger charge is 2.33. The summed E-state index contributed by atoms with van der Waals surface area (Å²) in [6, 6.07) is 8.05. The maximum Gasteiger partial charge on any atom is 0.192 e. The van der Waals surface area contributed by atoms with E-state index in [1.54, 1.807) is 24.7 Å². The second kappa shape index (κ2) is 6.94. The molecule has 0 aliphatic carbocycles. The number of nitrogens with zero attached hydrogens (tertiary/aromatic N) is 2. The molecule has 3 aromatic rings. The van der Waals surface area contributed by atoms with Gasteiger partial charge in [0.15, 0.2) is 11.2 Å². The van der Waals surface area contributed by atoms with Crippen molar-refractivity contribution in [2.45, 2.75) is 39.7 Å². The van der Waals surface area contributed by atoms with Crippen LogP contribution >= 0.6 is 0 Å². The SMILES string of the molecule is CC(=O)c1cn2c(cc1=O)-c1c(cc(-c3ccncc3)c3c1CCO3)CC2C(C)C. The van der Waals surface area contributed by atoms with E-state index in [9.17, 15) is 9.59 Å². The summed E-state index contributed by atoms with van der Waals surface area (Å²) in [6.07, 6.45) is 7.03. The predicted molar refractivity (Wildman–Crippen MR) is 116 cm³/mol. The molecule has 4 heterocycles. The van der Waals surface area contributed by atoms with E-state index in [2.05, 4.69) is 29.5 Å². The molecule has 5 rings (SSSR count). The van der Waals surface area contributed by atoms with Crippen LogP contribution in [0.3, 0.4) is 0 Å². The Morgan fingerprint density at radius 3 is 2.70 bits per heavy atom. The van der Waals surface area contributed by atoms with Gasteiger partial charge in [-0.1, -0.05) is 13.8 Å². The molecule has 152 valence electrons. The van der Waals surface area contributed by atoms with Gasteiger partial charge in [-0.2, -0.15) is 0 Å². The van der Waals surface area contributed by atoms with E-state index in [-0.39, 0.29) is 22.8 Å². The van der Waals surface area contributed by atoms with Crippen LogP contribution in [0.15, 0.2) is 47.7 Å². The lowest BCUT2D eigenvalue weighted by atomic mass is 9.82. The molecule has 0 saturated carbocycles. The number of aromatic nitrogens is 2. The van der Waals surface area contributed by atoms with Crippen molar-refractivity contribution >= 4 is 5.78 Å². The van der Waals surface area contributed by atoms with Crippen LogP contribution in [0.25, 0.3) is 22.4 Å². The van der Waals surface area contributed by atoms with E-state index in [4.69, 9.17) is 4.74 Å². The molecule has 0 fully saturated rings. The van der Waals surface area contributed by atoms with Crippen molar-refractivity contribution in [2.75, 3.05) is 6.61 Å². The zero-order valence-corrected chi connectivity index (χ0v) is 17.4. The molecule has 1 aromatic carbocycles. The van der Waals surface area contributed by atoms with Gasteiger partial charge in [0.05, 0.1) is 17.9 Å². The van der Waals surface area contributed by atoms with Gasteiger partial charge in [0.1, 0.15) is 5.75 Å². The van der Waals surface area contributed by atoms with Gasteiger partial charge in [0.25, 0.3) is 0 Å². The molecule has 0 bridgehead atoms. The Morgan fingerprint density at radius 1 is 1.23 bits per heavy atom. The average Bonchev–Trinajstić information content (AvgIpc) is 3.22. The van der Waals surface area contributed by atoms with Crippen LogP contribution in [-0.2, 0) is 12.8 Å². The third-order valence-corrected chi connectivity index (χ3v) is 6.32. The minimum atomic E-state index is -0.213. The van der Waals surface area contributed by atoms with Crippen molar-refractivity contribution in [3.63, 3.8) is 0 Å². The van der Waals surface area contributed by atoms with Crippen LogP contribution in [0.1, 0.15) is 48.3 Å². The molecule has 1 unspecified atom stereocenters. The Morgan fingerprint density at radius 2 is 2.00 bits per heavy atom. The zero-order chi connectivity index (χ0) is 21.0. The second-order valence-electron chi connectivity index (χ2n) is 8.52. The summed E-state index contributed by atoms with van der Waals surface area (Å²) in [4.78, 5) is 28.9. The summed E-state index contributed by atoms with van der Waals surface area (Å²) in [7, 11) is 0. The number of fused-ring (bicyclic) bond motifs is 5. The minimum Gasteiger partial charge on any atom is -0.492 e. The summed E-state index contributed by atoms with van der Waals surface area (Å²) in [5.74, 6) is 1.07. The Bertz CT molecular complexity index is 1230. The van der Waals surface area contributed by atoms with Crippen molar-refractivity contribution < 1.29 is 9.53 Å². The molecule has 30 heavy (non-hydrogen) atoms. The van der Waals surface area contributed by atoms with E-state index in [0.29, 0.717) is 12.5 Å². The lowest BCUT2D eigenvalue weighted by molar-refractivity contribution is 0.101. The molecule has 5 nitrogen and oxygen atoms in total. The Balaban J connectivity index is 1.81. The molecule has 2 aromatic heterocycles. The number of ketones is 1. The standard InChI is InChI=1S/C25H24N2O3/c1-14(2)21-11-17-10-19(16-4-7-26-8-5-16)25-18(6-9-30-25)24(17)22-12-23(29)20(15(3)28)13-27(21)22/h4-5,7-8,10,12-14,21H,6,9,11H2,1-3H3. The molecule has 0 amide bonds. The molecular weight excluding hydrogens is 376 g/mol. The molecule has 5 heteroatoms. The highest BCUT2D eigenvalue weighted by Crippen LogP contribution is 2.48. The van der Waals surface area contributed by atoms with E-state index < -0.39 is 0 Å². The summed E-state index contributed by atoms with van der Waals surface area (Å²) in [6.45, 7) is 6.46. The van der Waals surface area contributed by atoms with Gasteiger partial charge < -0.3 is 9.30 Å². The highest BCUT2D eigenvalue weighted by atomic mass is 16.5. The third kappa shape index (κ3) is 2.80. The van der Waals surface area contributed by atoms with Crippen molar-refractivity contribution in [3.05, 3.63) is 69.8 Å². The van der Waals surface area contributed by atoms with Gasteiger partial charge in [0.2, 0.25) is 0 Å². The predicted octanol–water partition coefficient (Wildman–Crippen LogP) is 4.47. The first kappa shape index (κ1) is 18.8. The van der Waals surface area contributed by atoms with Gasteiger partial charge in [-0.3, -0.25) is 14.6 Å². The molecule has 1 atom stereocenters. The molecule has 2 aliphatic heterocycles. The van der Waals surface area contributed by atoms with Crippen molar-refractivity contribution in [1.29, 1.82) is 0 Å². The first-order valence-corrected chi connectivity index (χ1v) is 10.4. The van der Waals surface area contributed by atoms with Gasteiger partial charge in [-0.25, -0.2) is 0 Å². The van der Waals surface area contributed by atoms with Crippen LogP contribution < -0.4 is 10.2 Å². The van der Waals surface area contributed by atoms with Crippen molar-refractivity contribution in [1.82, 2.24) is 9.55 Å². The number of hydrogen-bond acceptors (Lipinski definition) is 4. The Labute approximate surface area is 175 Å². The number of Topliss-reactive ketones (excluding diaryl/α,β-unsaturated/α-hetero) is 1. The fraction of sp³-hybridized carbons (Fsp3) is 0.320. The number of benzene rings is 1. The molecule has 0 radical (unpaired) electrons. The summed E-state index contributed by atoms with van der Waals surface area (Å²) >= 11 is 0. The number of carbonyl (C=O) groups is 1. The number of pyridine rings is 2. The maximum absolute atomic E-state index is 12.7. The lowest BCUT2D eigenvalue weighted by Crippen LogP contribution is -2.28. The summed E-state index contributed by atoms with van der Waals surface area (Å²) < 4.78 is 8.22. The largest absolute Gasteiger partial charge is 0.492 e. The Kier molecular flexibility index (Phi) is 4.35. The first-order valence-electron chi connectivity index (χ1n) is 10.4. The lowest BCUT2D eigenvalue weighted by Gasteiger charge is -2.34. The zero-order valence-electron chi connectivity index (χ0n) is 17.4. The molecule has 0 spiro atoms. The number of rotatable bonds is 3. The minimum absolute atomic E-state index is 0.178. The molecule has 0 N–H and O–H groups in total. The average molecular weight is 400 g/mol. The topological polar surface area (TPSA) is 61.2 Å². The van der Waals surface area contributed by atoms with Gasteiger partial charge in [0, 0.05) is 53.8 Å². The third-order valence-electron chi connectivity index (χ3n) is 6.32. The maximum atomic E-state index is 12.7. The molecule has 2 aliphatic rings. The van der Waals surface area contributed by atoms with E-state index in [0.717, 1.165) is 46.5 Å².